The molecule has 1 aliphatic carbocycles. The predicted octanol–water partition coefficient (Wildman–Crippen LogP) is 3.98. The third-order valence-corrected chi connectivity index (χ3v) is 3.09. The Morgan fingerprint density at radius 2 is 2.00 bits per heavy atom. The van der Waals surface area contributed by atoms with Gasteiger partial charge in [-0.05, 0) is 50.4 Å². The van der Waals surface area contributed by atoms with E-state index in [4.69, 9.17) is 0 Å². The summed E-state index contributed by atoms with van der Waals surface area (Å²) in [4.78, 5) is 0. The van der Waals surface area contributed by atoms with E-state index in [1.54, 1.807) is 0 Å². The molecule has 69 valence electrons. The Bertz CT molecular complexity index is 135. The average molecular weight is 165 g/mol. The summed E-state index contributed by atoms with van der Waals surface area (Å²) in [6.45, 7) is 4.55. The van der Waals surface area contributed by atoms with Gasteiger partial charge in [-0.15, -0.1) is 0 Å². The third-order valence-electron chi connectivity index (χ3n) is 3.09. The van der Waals surface area contributed by atoms with Crippen LogP contribution >= 0.6 is 0 Å². The molecule has 0 aromatic carbocycles. The molecule has 0 heterocycles. The minimum Gasteiger partial charge on any atom is -0.0885 e. The van der Waals surface area contributed by atoms with Crippen LogP contribution in [0.1, 0.15) is 46.0 Å². The molecule has 0 aromatic rings. The number of hydrogen-bond acceptors (Lipinski definition) is 0. The largest absolute Gasteiger partial charge is 0.0885 e. The Kier molecular flexibility index (Phi) is 4.42. The minimum absolute atomic E-state index is 0.816. The van der Waals surface area contributed by atoms with E-state index < -0.39 is 0 Å². The van der Waals surface area contributed by atoms with E-state index in [1.165, 1.54) is 32.1 Å². The van der Waals surface area contributed by atoms with Crippen molar-refractivity contribution in [1.82, 2.24) is 0 Å². The van der Waals surface area contributed by atoms with E-state index in [-0.39, 0.29) is 0 Å². The van der Waals surface area contributed by atoms with E-state index in [2.05, 4.69) is 32.4 Å². The quantitative estimate of drug-likeness (QED) is 0.543. The predicted molar refractivity (Wildman–Crippen MR) is 54.9 cm³/mol. The SMILES string of the molecule is C[CH]C(C)C1CC/C=C\CCC1. The van der Waals surface area contributed by atoms with Crippen LogP contribution in [0.2, 0.25) is 0 Å². The van der Waals surface area contributed by atoms with Gasteiger partial charge in [-0.1, -0.05) is 26.0 Å². The van der Waals surface area contributed by atoms with Gasteiger partial charge in [0.25, 0.3) is 0 Å². The number of allylic oxidation sites excluding steroid dienone is 2. The van der Waals surface area contributed by atoms with Crippen molar-refractivity contribution in [3.63, 3.8) is 0 Å². The fourth-order valence-corrected chi connectivity index (χ4v) is 1.99. The molecule has 12 heavy (non-hydrogen) atoms. The second-order valence-corrected chi connectivity index (χ2v) is 3.93. The van der Waals surface area contributed by atoms with E-state index in [0.717, 1.165) is 11.8 Å². The van der Waals surface area contributed by atoms with Gasteiger partial charge >= 0.3 is 0 Å². The summed E-state index contributed by atoms with van der Waals surface area (Å²) in [6, 6.07) is 0. The molecule has 0 saturated carbocycles. The second-order valence-electron chi connectivity index (χ2n) is 3.93. The zero-order valence-electron chi connectivity index (χ0n) is 8.42. The van der Waals surface area contributed by atoms with E-state index >= 15 is 0 Å². The van der Waals surface area contributed by atoms with Gasteiger partial charge in [-0.3, -0.25) is 0 Å². The Morgan fingerprint density at radius 3 is 2.75 bits per heavy atom. The maximum absolute atomic E-state index is 2.36. The van der Waals surface area contributed by atoms with E-state index in [1.807, 2.05) is 0 Å². The molecule has 0 spiro atoms. The van der Waals surface area contributed by atoms with Crippen LogP contribution in [0.3, 0.4) is 0 Å². The van der Waals surface area contributed by atoms with Crippen molar-refractivity contribution >= 4 is 0 Å². The topological polar surface area (TPSA) is 0 Å². The average Bonchev–Trinajstić information content (AvgIpc) is 2.02. The van der Waals surface area contributed by atoms with Gasteiger partial charge in [0.05, 0.1) is 0 Å². The summed E-state index contributed by atoms with van der Waals surface area (Å²) in [7, 11) is 0. The number of rotatable bonds is 2. The van der Waals surface area contributed by atoms with Crippen LogP contribution in [0.15, 0.2) is 12.2 Å². The summed E-state index contributed by atoms with van der Waals surface area (Å²) < 4.78 is 0. The van der Waals surface area contributed by atoms with Gasteiger partial charge in [0.15, 0.2) is 0 Å². The zero-order chi connectivity index (χ0) is 8.81. The maximum atomic E-state index is 2.36. The highest BCUT2D eigenvalue weighted by Crippen LogP contribution is 2.27. The first-order valence-electron chi connectivity index (χ1n) is 5.29. The lowest BCUT2D eigenvalue weighted by Crippen LogP contribution is -2.12. The summed E-state index contributed by atoms with van der Waals surface area (Å²) in [5.74, 6) is 1.76. The van der Waals surface area contributed by atoms with Crippen molar-refractivity contribution in [2.75, 3.05) is 0 Å². The van der Waals surface area contributed by atoms with Crippen LogP contribution in [0.5, 0.6) is 0 Å². The third kappa shape index (κ3) is 3.00. The standard InChI is InChI=1S/C12H21/c1-3-11(2)12-9-7-5-4-6-8-10-12/h3-5,11-12H,6-10H2,1-2H3/b5-4-. The molecule has 2 atom stereocenters. The van der Waals surface area contributed by atoms with Gasteiger partial charge < -0.3 is 0 Å². The smallest absolute Gasteiger partial charge is 0.0348 e. The molecule has 1 radical (unpaired) electrons. The Hall–Kier alpha value is -0.260. The van der Waals surface area contributed by atoms with Gasteiger partial charge in [-0.25, -0.2) is 0 Å². The van der Waals surface area contributed by atoms with Crippen LogP contribution in [-0.4, -0.2) is 0 Å². The van der Waals surface area contributed by atoms with Crippen LogP contribution in [0, 0.1) is 18.3 Å². The van der Waals surface area contributed by atoms with Crippen LogP contribution in [-0.2, 0) is 0 Å². The first-order valence-corrected chi connectivity index (χ1v) is 5.29. The summed E-state index contributed by atoms with van der Waals surface area (Å²) in [5.41, 5.74) is 0. The molecule has 1 rings (SSSR count). The first-order chi connectivity index (χ1) is 5.84. The van der Waals surface area contributed by atoms with E-state index in [0.29, 0.717) is 0 Å². The molecule has 2 unspecified atom stereocenters. The highest BCUT2D eigenvalue weighted by atomic mass is 14.2. The maximum Gasteiger partial charge on any atom is -0.0348 e. The molecule has 0 fully saturated rings. The summed E-state index contributed by atoms with van der Waals surface area (Å²) in [5, 5.41) is 0. The first kappa shape index (κ1) is 9.83. The van der Waals surface area contributed by atoms with Gasteiger partial charge in [0, 0.05) is 0 Å². The molecule has 0 saturated heterocycles. The molecular weight excluding hydrogens is 144 g/mol. The lowest BCUT2D eigenvalue weighted by Gasteiger charge is -2.23. The Balaban J connectivity index is 2.36. The lowest BCUT2D eigenvalue weighted by molar-refractivity contribution is 0.340. The highest BCUT2D eigenvalue weighted by molar-refractivity contribution is 4.87. The lowest BCUT2D eigenvalue weighted by atomic mass is 9.83. The fourth-order valence-electron chi connectivity index (χ4n) is 1.99. The summed E-state index contributed by atoms with van der Waals surface area (Å²) >= 11 is 0. The normalized spacial score (nSPS) is 30.3. The van der Waals surface area contributed by atoms with Crippen molar-refractivity contribution < 1.29 is 0 Å². The van der Waals surface area contributed by atoms with Crippen LogP contribution in [0.4, 0.5) is 0 Å². The van der Waals surface area contributed by atoms with Crippen LogP contribution < -0.4 is 0 Å². The monoisotopic (exact) mass is 165 g/mol. The van der Waals surface area contributed by atoms with Gasteiger partial charge in [0.1, 0.15) is 0 Å². The van der Waals surface area contributed by atoms with E-state index in [9.17, 15) is 0 Å². The van der Waals surface area contributed by atoms with Gasteiger partial charge in [0.2, 0.25) is 0 Å². The molecule has 0 bridgehead atoms. The zero-order valence-corrected chi connectivity index (χ0v) is 8.42. The second kappa shape index (κ2) is 5.40. The van der Waals surface area contributed by atoms with Crippen molar-refractivity contribution in [2.24, 2.45) is 11.8 Å². The Morgan fingerprint density at radius 1 is 1.25 bits per heavy atom. The van der Waals surface area contributed by atoms with Crippen molar-refractivity contribution in [1.29, 1.82) is 0 Å². The summed E-state index contributed by atoms with van der Waals surface area (Å²) in [6.07, 6.45) is 13.9. The van der Waals surface area contributed by atoms with Crippen molar-refractivity contribution in [3.8, 4) is 0 Å². The molecule has 0 aliphatic heterocycles. The van der Waals surface area contributed by atoms with Crippen LogP contribution in [0.25, 0.3) is 0 Å². The van der Waals surface area contributed by atoms with Gasteiger partial charge in [-0.2, -0.15) is 0 Å². The van der Waals surface area contributed by atoms with Crippen molar-refractivity contribution in [3.05, 3.63) is 18.6 Å². The molecule has 0 amide bonds. The van der Waals surface area contributed by atoms with Crippen molar-refractivity contribution in [2.45, 2.75) is 46.0 Å². The molecule has 1 aliphatic rings. The molecule has 0 aromatic heterocycles. The molecular formula is C12H21. The molecule has 0 N–H and O–H groups in total. The minimum atomic E-state index is 0.816. The molecule has 0 heteroatoms. The Labute approximate surface area is 77.1 Å². The number of hydrogen-bond donors (Lipinski definition) is 0. The fraction of sp³-hybridized carbons (Fsp3) is 0.750. The highest BCUT2D eigenvalue weighted by Gasteiger charge is 2.15. The molecule has 0 nitrogen and oxygen atoms in total.